The van der Waals surface area contributed by atoms with Gasteiger partial charge in [-0.05, 0) is 25.1 Å². The van der Waals surface area contributed by atoms with Crippen LogP contribution in [0.3, 0.4) is 0 Å². The Balaban J connectivity index is 1.43. The van der Waals surface area contributed by atoms with E-state index in [0.717, 1.165) is 31.7 Å². The van der Waals surface area contributed by atoms with E-state index in [9.17, 15) is 13.2 Å². The molecule has 0 aliphatic carbocycles. The number of hydrogen-bond donors (Lipinski definition) is 2. The van der Waals surface area contributed by atoms with E-state index in [1.54, 1.807) is 0 Å². The van der Waals surface area contributed by atoms with Crippen molar-refractivity contribution in [1.29, 1.82) is 0 Å². The highest BCUT2D eigenvalue weighted by atomic mass is 19.4. The van der Waals surface area contributed by atoms with Gasteiger partial charge in [0.25, 0.3) is 0 Å². The molecule has 2 aromatic heterocycles. The number of aromatic nitrogens is 3. The normalized spacial score (nSPS) is 16.5. The lowest BCUT2D eigenvalue weighted by Gasteiger charge is -2.36. The van der Waals surface area contributed by atoms with E-state index in [1.807, 2.05) is 18.3 Å². The summed E-state index contributed by atoms with van der Waals surface area (Å²) in [5.41, 5.74) is 2.22. The summed E-state index contributed by atoms with van der Waals surface area (Å²) in [6, 6.07) is 8.27. The number of piperazine rings is 1. The highest BCUT2D eigenvalue weighted by molar-refractivity contribution is 5.92. The van der Waals surface area contributed by atoms with Crippen molar-refractivity contribution in [3.63, 3.8) is 0 Å². The Hall–Kier alpha value is -2.48. The highest BCUT2D eigenvalue weighted by Gasteiger charge is 2.36. The van der Waals surface area contributed by atoms with Crippen molar-refractivity contribution < 1.29 is 13.2 Å². The van der Waals surface area contributed by atoms with Gasteiger partial charge in [-0.3, -0.25) is 10.00 Å². The van der Waals surface area contributed by atoms with Gasteiger partial charge in [-0.15, -0.1) is 0 Å². The molecule has 0 unspecified atom stereocenters. The molecule has 1 aromatic carbocycles. The van der Waals surface area contributed by atoms with Gasteiger partial charge in [0.1, 0.15) is 0 Å². The number of anilines is 1. The van der Waals surface area contributed by atoms with Crippen molar-refractivity contribution in [2.45, 2.75) is 19.6 Å². The van der Waals surface area contributed by atoms with Gasteiger partial charge in [0.05, 0.1) is 5.69 Å². The summed E-state index contributed by atoms with van der Waals surface area (Å²) in [4.78, 5) is 7.71. The van der Waals surface area contributed by atoms with Gasteiger partial charge in [-0.1, -0.05) is 6.07 Å². The van der Waals surface area contributed by atoms with Crippen molar-refractivity contribution in [1.82, 2.24) is 20.1 Å². The maximum Gasteiger partial charge on any atom is 0.435 e. The number of nitrogens with one attached hydrogen (secondary N) is 2. The minimum Gasteiger partial charge on any atom is -0.368 e. The van der Waals surface area contributed by atoms with Gasteiger partial charge in [0.2, 0.25) is 0 Å². The van der Waals surface area contributed by atoms with Crippen molar-refractivity contribution in [3.8, 4) is 0 Å². The van der Waals surface area contributed by atoms with Crippen molar-refractivity contribution in [2.75, 3.05) is 31.1 Å². The number of H-pyrrole nitrogens is 2. The van der Waals surface area contributed by atoms with E-state index in [4.69, 9.17) is 0 Å². The van der Waals surface area contributed by atoms with Crippen LogP contribution >= 0.6 is 0 Å². The summed E-state index contributed by atoms with van der Waals surface area (Å²) in [5.74, 6) is 0. The van der Waals surface area contributed by atoms with Gasteiger partial charge in [0.15, 0.2) is 5.69 Å². The first-order valence-electron chi connectivity index (χ1n) is 8.58. The Kier molecular flexibility index (Phi) is 4.14. The second kappa shape index (κ2) is 6.35. The maximum atomic E-state index is 12.9. The number of rotatable bonds is 3. The molecule has 0 spiro atoms. The molecule has 0 saturated carbocycles. The highest BCUT2D eigenvalue weighted by Crippen LogP contribution is 2.32. The first-order valence-corrected chi connectivity index (χ1v) is 8.58. The smallest absolute Gasteiger partial charge is 0.368 e. The average Bonchev–Trinajstić information content (AvgIpc) is 3.22. The van der Waals surface area contributed by atoms with Crippen LogP contribution in [0.5, 0.6) is 0 Å². The Morgan fingerprint density at radius 1 is 1.12 bits per heavy atom. The molecule has 26 heavy (non-hydrogen) atoms. The third-order valence-corrected chi connectivity index (χ3v) is 5.05. The van der Waals surface area contributed by atoms with Crippen LogP contribution in [0.1, 0.15) is 17.0 Å². The fourth-order valence-corrected chi connectivity index (χ4v) is 3.58. The Bertz CT molecular complexity index is 903. The molecule has 0 radical (unpaired) electrons. The molecule has 1 aliphatic heterocycles. The van der Waals surface area contributed by atoms with Gasteiger partial charge >= 0.3 is 6.18 Å². The number of alkyl halides is 3. The molecule has 1 fully saturated rings. The first kappa shape index (κ1) is 17.0. The zero-order valence-electron chi connectivity index (χ0n) is 14.4. The molecule has 4 rings (SSSR count). The summed E-state index contributed by atoms with van der Waals surface area (Å²) in [7, 11) is 0. The Labute approximate surface area is 148 Å². The van der Waals surface area contributed by atoms with Crippen LogP contribution in [0.2, 0.25) is 0 Å². The van der Waals surface area contributed by atoms with E-state index < -0.39 is 11.9 Å². The summed E-state index contributed by atoms with van der Waals surface area (Å²) < 4.78 is 38.6. The van der Waals surface area contributed by atoms with Gasteiger partial charge in [-0.2, -0.15) is 18.3 Å². The van der Waals surface area contributed by atoms with Crippen LogP contribution in [-0.2, 0) is 12.7 Å². The predicted octanol–water partition coefficient (Wildman–Crippen LogP) is 3.54. The van der Waals surface area contributed by atoms with Crippen LogP contribution in [0.25, 0.3) is 10.9 Å². The monoisotopic (exact) mass is 363 g/mol. The maximum absolute atomic E-state index is 12.9. The number of halogens is 3. The van der Waals surface area contributed by atoms with Gasteiger partial charge < -0.3 is 9.88 Å². The van der Waals surface area contributed by atoms with Crippen molar-refractivity contribution >= 4 is 16.6 Å². The molecule has 1 saturated heterocycles. The molecule has 8 heteroatoms. The molecule has 5 nitrogen and oxygen atoms in total. The average molecular weight is 363 g/mol. The second-order valence-corrected chi connectivity index (χ2v) is 6.65. The molecule has 0 amide bonds. The third kappa shape index (κ3) is 3.05. The van der Waals surface area contributed by atoms with Crippen LogP contribution in [0.4, 0.5) is 18.9 Å². The topological polar surface area (TPSA) is 51.0 Å². The van der Waals surface area contributed by atoms with E-state index in [1.165, 1.54) is 18.0 Å². The summed E-state index contributed by atoms with van der Waals surface area (Å²) in [5, 5.41) is 7.21. The van der Waals surface area contributed by atoms with E-state index >= 15 is 0 Å². The lowest BCUT2D eigenvalue weighted by Crippen LogP contribution is -2.46. The van der Waals surface area contributed by atoms with E-state index in [2.05, 4.69) is 37.1 Å². The molecule has 1 aliphatic rings. The van der Waals surface area contributed by atoms with E-state index in [0.29, 0.717) is 12.2 Å². The van der Waals surface area contributed by atoms with Crippen molar-refractivity contribution in [2.24, 2.45) is 0 Å². The number of benzene rings is 1. The van der Waals surface area contributed by atoms with E-state index in [-0.39, 0.29) is 5.56 Å². The zero-order chi connectivity index (χ0) is 18.3. The molecule has 0 atom stereocenters. The Morgan fingerprint density at radius 2 is 1.88 bits per heavy atom. The number of aromatic amines is 2. The largest absolute Gasteiger partial charge is 0.435 e. The van der Waals surface area contributed by atoms with Crippen molar-refractivity contribution in [3.05, 3.63) is 47.4 Å². The lowest BCUT2D eigenvalue weighted by molar-refractivity contribution is -0.141. The molecular weight excluding hydrogens is 343 g/mol. The summed E-state index contributed by atoms with van der Waals surface area (Å²) in [6.45, 7) is 5.19. The standard InChI is InChI=1S/C18H20F3N5/c1-12-15(23-24-17(12)18(19,20)21)11-25-7-9-26(10-8-25)16-4-2-3-14-13(16)5-6-22-14/h2-6,22H,7-11H2,1H3,(H,23,24). The van der Waals surface area contributed by atoms with Gasteiger partial charge in [0, 0.05) is 61.1 Å². The summed E-state index contributed by atoms with van der Waals surface area (Å²) >= 11 is 0. The summed E-state index contributed by atoms with van der Waals surface area (Å²) in [6.07, 6.45) is -2.48. The van der Waals surface area contributed by atoms with Crippen LogP contribution in [-0.4, -0.2) is 46.3 Å². The quantitative estimate of drug-likeness (QED) is 0.748. The minimum absolute atomic E-state index is 0.192. The molecule has 2 N–H and O–H groups in total. The zero-order valence-corrected chi connectivity index (χ0v) is 14.4. The fraction of sp³-hybridized carbons (Fsp3) is 0.389. The fourth-order valence-electron chi connectivity index (χ4n) is 3.58. The molecule has 138 valence electrons. The predicted molar refractivity (Wildman–Crippen MR) is 94.1 cm³/mol. The molecule has 0 bridgehead atoms. The molecule has 3 aromatic rings. The number of nitrogens with zero attached hydrogens (tertiary/aromatic N) is 3. The first-order chi connectivity index (χ1) is 12.4. The van der Waals surface area contributed by atoms with Gasteiger partial charge in [-0.25, -0.2) is 0 Å². The lowest BCUT2D eigenvalue weighted by atomic mass is 10.1. The molecular formula is C18H20F3N5. The van der Waals surface area contributed by atoms with Crippen LogP contribution < -0.4 is 4.90 Å². The number of fused-ring (bicyclic) bond motifs is 1. The number of hydrogen-bond acceptors (Lipinski definition) is 3. The Morgan fingerprint density at radius 3 is 2.58 bits per heavy atom. The molecule has 3 heterocycles. The van der Waals surface area contributed by atoms with Crippen LogP contribution in [0, 0.1) is 6.92 Å². The SMILES string of the molecule is Cc1c(C(F)(F)F)n[nH]c1CN1CCN(c2cccc3[nH]ccc23)CC1. The van der Waals surface area contributed by atoms with Crippen LogP contribution in [0.15, 0.2) is 30.5 Å². The minimum atomic E-state index is -4.41. The third-order valence-electron chi connectivity index (χ3n) is 5.05. The second-order valence-electron chi connectivity index (χ2n) is 6.65.